The fourth-order valence-corrected chi connectivity index (χ4v) is 1.28. The number of rotatable bonds is 4. The van der Waals surface area contributed by atoms with Gasteiger partial charge in [0.1, 0.15) is 0 Å². The van der Waals surface area contributed by atoms with Crippen LogP contribution in [0.4, 0.5) is 0 Å². The zero-order valence-corrected chi connectivity index (χ0v) is 8.43. The third-order valence-electron chi connectivity index (χ3n) is 2.34. The highest BCUT2D eigenvalue weighted by atomic mass is 16.2. The number of carbonyl (C=O) groups excluding carboxylic acids is 2. The minimum absolute atomic E-state index is 0.178. The molecule has 14 heavy (non-hydrogen) atoms. The van der Waals surface area contributed by atoms with Gasteiger partial charge in [-0.05, 0) is 12.8 Å². The highest BCUT2D eigenvalue weighted by Gasteiger charge is 2.25. The molecule has 1 atom stereocenters. The minimum Gasteiger partial charge on any atom is -0.302 e. The number of nitrogens with one attached hydrogen (secondary N) is 2. The van der Waals surface area contributed by atoms with Gasteiger partial charge in [-0.2, -0.15) is 0 Å². The van der Waals surface area contributed by atoms with Crippen LogP contribution in [0.5, 0.6) is 0 Å². The molecule has 0 saturated carbocycles. The highest BCUT2D eigenvalue weighted by Crippen LogP contribution is 2.05. The third-order valence-corrected chi connectivity index (χ3v) is 2.34. The van der Waals surface area contributed by atoms with Crippen LogP contribution < -0.4 is 10.6 Å². The Hall–Kier alpha value is -1.16. The summed E-state index contributed by atoms with van der Waals surface area (Å²) in [6.07, 6.45) is 1.91. The molecule has 4 heteroatoms. The molecule has 0 spiro atoms. The van der Waals surface area contributed by atoms with Gasteiger partial charge < -0.3 is 5.32 Å². The van der Waals surface area contributed by atoms with Crippen molar-refractivity contribution >= 4 is 11.8 Å². The van der Waals surface area contributed by atoms with Gasteiger partial charge in [0.15, 0.2) is 0 Å². The van der Waals surface area contributed by atoms with E-state index in [9.17, 15) is 9.59 Å². The second-order valence-electron chi connectivity index (χ2n) is 3.49. The van der Waals surface area contributed by atoms with Crippen molar-refractivity contribution in [3.05, 3.63) is 12.2 Å². The molecule has 1 aliphatic heterocycles. The predicted molar refractivity (Wildman–Crippen MR) is 53.6 cm³/mol. The van der Waals surface area contributed by atoms with Crippen molar-refractivity contribution in [2.75, 3.05) is 6.54 Å². The SMILES string of the molecule is C=C(CC)CNC1CCC(=O)NC1=O. The van der Waals surface area contributed by atoms with E-state index in [1.54, 1.807) is 0 Å². The first-order chi connectivity index (χ1) is 6.63. The normalized spacial score (nSPS) is 21.9. The van der Waals surface area contributed by atoms with E-state index >= 15 is 0 Å². The summed E-state index contributed by atoms with van der Waals surface area (Å²) in [5.74, 6) is -0.396. The molecule has 0 aromatic heterocycles. The molecular weight excluding hydrogens is 180 g/mol. The van der Waals surface area contributed by atoms with Gasteiger partial charge in [-0.1, -0.05) is 19.1 Å². The van der Waals surface area contributed by atoms with Gasteiger partial charge in [-0.25, -0.2) is 0 Å². The van der Waals surface area contributed by atoms with Crippen LogP contribution in [0.3, 0.4) is 0 Å². The van der Waals surface area contributed by atoms with Gasteiger partial charge in [-0.15, -0.1) is 0 Å². The molecular formula is C10H16N2O2. The molecule has 2 N–H and O–H groups in total. The van der Waals surface area contributed by atoms with Crippen molar-refractivity contribution in [2.24, 2.45) is 0 Å². The molecule has 0 radical (unpaired) electrons. The fraction of sp³-hybridized carbons (Fsp3) is 0.600. The van der Waals surface area contributed by atoms with Crippen molar-refractivity contribution in [2.45, 2.75) is 32.2 Å². The molecule has 0 bridgehead atoms. The summed E-state index contributed by atoms with van der Waals surface area (Å²) in [5.41, 5.74) is 1.06. The number of imide groups is 1. The third kappa shape index (κ3) is 2.96. The standard InChI is InChI=1S/C10H16N2O2/c1-3-7(2)6-11-8-4-5-9(13)12-10(8)14/h8,11H,2-6H2,1H3,(H,12,13,14). The summed E-state index contributed by atoms with van der Waals surface area (Å²) in [6.45, 7) is 6.50. The molecule has 0 aromatic rings. The maximum Gasteiger partial charge on any atom is 0.243 e. The second kappa shape index (κ2) is 4.91. The van der Waals surface area contributed by atoms with Crippen LogP contribution in [-0.2, 0) is 9.59 Å². The average Bonchev–Trinajstić information content (AvgIpc) is 2.16. The quantitative estimate of drug-likeness (QED) is 0.504. The van der Waals surface area contributed by atoms with Crippen LogP contribution in [0.15, 0.2) is 12.2 Å². The van der Waals surface area contributed by atoms with Crippen molar-refractivity contribution in [3.8, 4) is 0 Å². The molecule has 1 heterocycles. The maximum absolute atomic E-state index is 11.3. The first-order valence-corrected chi connectivity index (χ1v) is 4.87. The lowest BCUT2D eigenvalue weighted by molar-refractivity contribution is -0.134. The number of piperidine rings is 1. The van der Waals surface area contributed by atoms with Gasteiger partial charge in [0.05, 0.1) is 6.04 Å². The molecule has 1 saturated heterocycles. The lowest BCUT2D eigenvalue weighted by atomic mass is 10.1. The summed E-state index contributed by atoms with van der Waals surface area (Å²) >= 11 is 0. The Labute approximate surface area is 83.8 Å². The predicted octanol–water partition coefficient (Wildman–Crippen LogP) is 0.347. The van der Waals surface area contributed by atoms with Gasteiger partial charge in [-0.3, -0.25) is 14.9 Å². The van der Waals surface area contributed by atoms with Crippen molar-refractivity contribution < 1.29 is 9.59 Å². The molecule has 4 nitrogen and oxygen atoms in total. The van der Waals surface area contributed by atoms with E-state index in [-0.39, 0.29) is 17.9 Å². The number of carbonyl (C=O) groups is 2. The minimum atomic E-state index is -0.240. The fourth-order valence-electron chi connectivity index (χ4n) is 1.28. The number of hydrogen-bond donors (Lipinski definition) is 2. The molecule has 1 fully saturated rings. The van der Waals surface area contributed by atoms with Crippen LogP contribution >= 0.6 is 0 Å². The summed E-state index contributed by atoms with van der Waals surface area (Å²) in [6, 6.07) is -0.240. The first kappa shape index (κ1) is 10.9. The average molecular weight is 196 g/mol. The Bertz CT molecular complexity index is 261. The second-order valence-corrected chi connectivity index (χ2v) is 3.49. The van der Waals surface area contributed by atoms with Crippen molar-refractivity contribution in [1.82, 2.24) is 10.6 Å². The Kier molecular flexibility index (Phi) is 3.83. The Morgan fingerprint density at radius 3 is 2.93 bits per heavy atom. The van der Waals surface area contributed by atoms with Gasteiger partial charge in [0.25, 0.3) is 0 Å². The molecule has 2 amide bonds. The molecule has 1 aliphatic rings. The van der Waals surface area contributed by atoms with E-state index in [2.05, 4.69) is 17.2 Å². The van der Waals surface area contributed by atoms with E-state index in [0.29, 0.717) is 19.4 Å². The van der Waals surface area contributed by atoms with Gasteiger partial charge in [0, 0.05) is 13.0 Å². The monoisotopic (exact) mass is 196 g/mol. The largest absolute Gasteiger partial charge is 0.302 e. The summed E-state index contributed by atoms with van der Waals surface area (Å²) in [4.78, 5) is 22.1. The Balaban J connectivity index is 2.34. The van der Waals surface area contributed by atoms with Crippen LogP contribution in [0.2, 0.25) is 0 Å². The first-order valence-electron chi connectivity index (χ1n) is 4.87. The lowest BCUT2D eigenvalue weighted by Crippen LogP contribution is -2.50. The summed E-state index contributed by atoms with van der Waals surface area (Å²) in [5, 5.41) is 5.38. The van der Waals surface area contributed by atoms with Crippen molar-refractivity contribution in [1.29, 1.82) is 0 Å². The van der Waals surface area contributed by atoms with Crippen molar-refractivity contribution in [3.63, 3.8) is 0 Å². The number of amides is 2. The van der Waals surface area contributed by atoms with Crippen LogP contribution in [-0.4, -0.2) is 24.4 Å². The molecule has 1 unspecified atom stereocenters. The van der Waals surface area contributed by atoms with E-state index in [1.807, 2.05) is 6.92 Å². The van der Waals surface area contributed by atoms with Crippen LogP contribution in [0.25, 0.3) is 0 Å². The van der Waals surface area contributed by atoms with E-state index < -0.39 is 0 Å². The van der Waals surface area contributed by atoms with E-state index in [0.717, 1.165) is 12.0 Å². The maximum atomic E-state index is 11.3. The van der Waals surface area contributed by atoms with Gasteiger partial charge >= 0.3 is 0 Å². The molecule has 0 aliphatic carbocycles. The lowest BCUT2D eigenvalue weighted by Gasteiger charge is -2.22. The molecule has 1 rings (SSSR count). The van der Waals surface area contributed by atoms with Crippen LogP contribution in [0, 0.1) is 0 Å². The van der Waals surface area contributed by atoms with E-state index in [4.69, 9.17) is 0 Å². The smallest absolute Gasteiger partial charge is 0.243 e. The van der Waals surface area contributed by atoms with E-state index in [1.165, 1.54) is 0 Å². The Morgan fingerprint density at radius 1 is 1.64 bits per heavy atom. The number of hydrogen-bond acceptors (Lipinski definition) is 3. The zero-order chi connectivity index (χ0) is 10.6. The topological polar surface area (TPSA) is 58.2 Å². The van der Waals surface area contributed by atoms with Crippen LogP contribution in [0.1, 0.15) is 26.2 Å². The highest BCUT2D eigenvalue weighted by molar-refractivity contribution is 6.00. The molecule has 0 aromatic carbocycles. The summed E-state index contributed by atoms with van der Waals surface area (Å²) < 4.78 is 0. The Morgan fingerprint density at radius 2 is 2.36 bits per heavy atom. The summed E-state index contributed by atoms with van der Waals surface area (Å²) in [7, 11) is 0. The van der Waals surface area contributed by atoms with Gasteiger partial charge in [0.2, 0.25) is 11.8 Å². The molecule has 78 valence electrons. The zero-order valence-electron chi connectivity index (χ0n) is 8.43.